The van der Waals surface area contributed by atoms with Crippen LogP contribution in [-0.2, 0) is 9.47 Å². The van der Waals surface area contributed by atoms with Crippen LogP contribution in [0.2, 0.25) is 0 Å². The first kappa shape index (κ1) is 25.8. The lowest BCUT2D eigenvalue weighted by Gasteiger charge is -2.19. The van der Waals surface area contributed by atoms with Gasteiger partial charge in [0.15, 0.2) is 0 Å². The van der Waals surface area contributed by atoms with Crippen molar-refractivity contribution in [2.24, 2.45) is 0 Å². The minimum atomic E-state index is -0.881. The molecule has 0 aromatic rings. The SMILES string of the molecule is CCN(CC)CCCCOCC(O)C(O)COCCCCN(CC)CC. The standard InChI is InChI=1S/C20H44N2O4/c1-5-21(6-2)13-9-11-15-25-17-19(23)20(24)18-26-16-12-10-14-22(7-3)8-4/h19-20,23-24H,5-18H2,1-4H3. The molecule has 0 aliphatic carbocycles. The van der Waals surface area contributed by atoms with Crippen molar-refractivity contribution in [3.8, 4) is 0 Å². The molecule has 6 heteroatoms. The average Bonchev–Trinajstić information content (AvgIpc) is 2.66. The Morgan fingerprint density at radius 1 is 0.615 bits per heavy atom. The van der Waals surface area contributed by atoms with E-state index >= 15 is 0 Å². The van der Waals surface area contributed by atoms with Gasteiger partial charge < -0.3 is 29.5 Å². The first-order valence-corrected chi connectivity index (χ1v) is 10.5. The van der Waals surface area contributed by atoms with Crippen molar-refractivity contribution >= 4 is 0 Å². The molecule has 6 nitrogen and oxygen atoms in total. The molecule has 0 fully saturated rings. The maximum atomic E-state index is 9.91. The molecule has 0 rings (SSSR count). The number of unbranched alkanes of at least 4 members (excludes halogenated alkanes) is 2. The Morgan fingerprint density at radius 3 is 1.27 bits per heavy atom. The first-order valence-electron chi connectivity index (χ1n) is 10.5. The molecule has 0 saturated heterocycles. The van der Waals surface area contributed by atoms with E-state index in [1.54, 1.807) is 0 Å². The van der Waals surface area contributed by atoms with E-state index in [1.807, 2.05) is 0 Å². The molecule has 0 aromatic heterocycles. The number of aliphatic hydroxyl groups excluding tert-OH is 2. The van der Waals surface area contributed by atoms with Gasteiger partial charge in [0.1, 0.15) is 12.2 Å². The van der Waals surface area contributed by atoms with Crippen molar-refractivity contribution in [2.45, 2.75) is 65.6 Å². The van der Waals surface area contributed by atoms with Crippen molar-refractivity contribution in [3.05, 3.63) is 0 Å². The molecule has 2 atom stereocenters. The number of rotatable bonds is 19. The zero-order valence-corrected chi connectivity index (χ0v) is 17.7. The van der Waals surface area contributed by atoms with Gasteiger partial charge in [-0.3, -0.25) is 0 Å². The molecule has 0 aliphatic rings. The van der Waals surface area contributed by atoms with Crippen molar-refractivity contribution in [1.82, 2.24) is 9.80 Å². The molecule has 0 heterocycles. The van der Waals surface area contributed by atoms with Crippen molar-refractivity contribution < 1.29 is 19.7 Å². The molecular weight excluding hydrogens is 332 g/mol. The molecule has 2 unspecified atom stereocenters. The van der Waals surface area contributed by atoms with Gasteiger partial charge in [-0.05, 0) is 65.0 Å². The Bertz CT molecular complexity index is 259. The van der Waals surface area contributed by atoms with Crippen molar-refractivity contribution in [3.63, 3.8) is 0 Å². The molecule has 0 aromatic carbocycles. The van der Waals surface area contributed by atoms with Crippen molar-refractivity contribution in [1.29, 1.82) is 0 Å². The fourth-order valence-electron chi connectivity index (χ4n) is 2.79. The maximum Gasteiger partial charge on any atom is 0.105 e. The summed E-state index contributed by atoms with van der Waals surface area (Å²) in [5, 5.41) is 19.8. The summed E-state index contributed by atoms with van der Waals surface area (Å²) < 4.78 is 10.9. The molecule has 2 N–H and O–H groups in total. The predicted molar refractivity (Wildman–Crippen MR) is 108 cm³/mol. The highest BCUT2D eigenvalue weighted by atomic mass is 16.5. The zero-order valence-electron chi connectivity index (χ0n) is 17.7. The van der Waals surface area contributed by atoms with Crippen LogP contribution in [0, 0.1) is 0 Å². The van der Waals surface area contributed by atoms with Crippen molar-refractivity contribution in [2.75, 3.05) is 65.7 Å². The van der Waals surface area contributed by atoms with Crippen LogP contribution in [0.15, 0.2) is 0 Å². The van der Waals surface area contributed by atoms with Gasteiger partial charge >= 0.3 is 0 Å². The van der Waals surface area contributed by atoms with Crippen LogP contribution >= 0.6 is 0 Å². The van der Waals surface area contributed by atoms with Crippen LogP contribution in [0.5, 0.6) is 0 Å². The summed E-state index contributed by atoms with van der Waals surface area (Å²) in [7, 11) is 0. The minimum absolute atomic E-state index is 0.164. The fourth-order valence-corrected chi connectivity index (χ4v) is 2.79. The molecule has 0 spiro atoms. The van der Waals surface area contributed by atoms with E-state index in [4.69, 9.17) is 9.47 Å². The number of ether oxygens (including phenoxy) is 2. The third-order valence-corrected chi connectivity index (χ3v) is 4.84. The van der Waals surface area contributed by atoms with E-state index in [1.165, 1.54) is 0 Å². The molecule has 26 heavy (non-hydrogen) atoms. The summed E-state index contributed by atoms with van der Waals surface area (Å²) in [6.07, 6.45) is 2.38. The Hall–Kier alpha value is -0.240. The molecule has 0 bridgehead atoms. The highest BCUT2D eigenvalue weighted by molar-refractivity contribution is 4.66. The molecule has 0 radical (unpaired) electrons. The van der Waals surface area contributed by atoms with Gasteiger partial charge in [0.05, 0.1) is 13.2 Å². The Balaban J connectivity index is 3.52. The predicted octanol–water partition coefficient (Wildman–Crippen LogP) is 1.99. The van der Waals surface area contributed by atoms with Crippen LogP contribution in [0.25, 0.3) is 0 Å². The molecule has 0 saturated carbocycles. The summed E-state index contributed by atoms with van der Waals surface area (Å²) in [4.78, 5) is 4.77. The molecule has 158 valence electrons. The summed E-state index contributed by atoms with van der Waals surface area (Å²) in [6.45, 7) is 16.8. The quantitative estimate of drug-likeness (QED) is 0.336. The Morgan fingerprint density at radius 2 is 0.962 bits per heavy atom. The largest absolute Gasteiger partial charge is 0.388 e. The van der Waals surface area contributed by atoms with E-state index in [0.29, 0.717) is 13.2 Å². The van der Waals surface area contributed by atoms with E-state index in [0.717, 1.165) is 65.0 Å². The summed E-state index contributed by atoms with van der Waals surface area (Å²) in [5.41, 5.74) is 0. The second-order valence-electron chi connectivity index (χ2n) is 6.75. The Kier molecular flexibility index (Phi) is 18.0. The number of hydrogen-bond acceptors (Lipinski definition) is 6. The molecule has 0 aliphatic heterocycles. The molecular formula is C20H44N2O4. The summed E-state index contributed by atoms with van der Waals surface area (Å²) >= 11 is 0. The smallest absolute Gasteiger partial charge is 0.105 e. The third-order valence-electron chi connectivity index (χ3n) is 4.84. The highest BCUT2D eigenvalue weighted by Gasteiger charge is 2.16. The average molecular weight is 377 g/mol. The van der Waals surface area contributed by atoms with Gasteiger partial charge in [0, 0.05) is 13.2 Å². The van der Waals surface area contributed by atoms with Gasteiger partial charge in [-0.15, -0.1) is 0 Å². The van der Waals surface area contributed by atoms with Gasteiger partial charge in [0.25, 0.3) is 0 Å². The summed E-state index contributed by atoms with van der Waals surface area (Å²) in [6, 6.07) is 0. The lowest BCUT2D eigenvalue weighted by Crippen LogP contribution is -2.34. The van der Waals surface area contributed by atoms with Gasteiger partial charge in [-0.2, -0.15) is 0 Å². The first-order chi connectivity index (χ1) is 12.6. The van der Waals surface area contributed by atoms with Gasteiger partial charge in [0.2, 0.25) is 0 Å². The maximum absolute atomic E-state index is 9.91. The highest BCUT2D eigenvalue weighted by Crippen LogP contribution is 2.01. The minimum Gasteiger partial charge on any atom is -0.388 e. The fraction of sp³-hybridized carbons (Fsp3) is 1.00. The van der Waals surface area contributed by atoms with Crippen LogP contribution in [0.3, 0.4) is 0 Å². The number of hydrogen-bond donors (Lipinski definition) is 2. The third kappa shape index (κ3) is 13.9. The van der Waals surface area contributed by atoms with E-state index in [2.05, 4.69) is 37.5 Å². The van der Waals surface area contributed by atoms with E-state index in [9.17, 15) is 10.2 Å². The van der Waals surface area contributed by atoms with Gasteiger partial charge in [-0.1, -0.05) is 27.7 Å². The lowest BCUT2D eigenvalue weighted by atomic mass is 10.2. The van der Waals surface area contributed by atoms with Crippen LogP contribution < -0.4 is 0 Å². The Labute approximate surface area is 161 Å². The lowest BCUT2D eigenvalue weighted by molar-refractivity contribution is -0.0712. The van der Waals surface area contributed by atoms with Crippen LogP contribution in [-0.4, -0.2) is 97.9 Å². The second-order valence-corrected chi connectivity index (χ2v) is 6.75. The second kappa shape index (κ2) is 18.1. The van der Waals surface area contributed by atoms with Crippen LogP contribution in [0.4, 0.5) is 0 Å². The van der Waals surface area contributed by atoms with Gasteiger partial charge in [-0.25, -0.2) is 0 Å². The normalized spacial score (nSPS) is 14.3. The summed E-state index contributed by atoms with van der Waals surface area (Å²) in [5.74, 6) is 0. The monoisotopic (exact) mass is 376 g/mol. The van der Waals surface area contributed by atoms with E-state index < -0.39 is 12.2 Å². The number of nitrogens with zero attached hydrogens (tertiary/aromatic N) is 2. The zero-order chi connectivity index (χ0) is 19.6. The van der Waals surface area contributed by atoms with E-state index in [-0.39, 0.29) is 13.2 Å². The van der Waals surface area contributed by atoms with Crippen LogP contribution in [0.1, 0.15) is 53.4 Å². The number of aliphatic hydroxyl groups is 2. The molecule has 0 amide bonds. The topological polar surface area (TPSA) is 65.4 Å².